The Kier molecular flexibility index (Phi) is 7.73. The number of sulfonamides is 1. The van der Waals surface area contributed by atoms with Crippen molar-refractivity contribution in [1.29, 1.82) is 0 Å². The van der Waals surface area contributed by atoms with E-state index in [1.807, 2.05) is 24.3 Å². The van der Waals surface area contributed by atoms with Crippen molar-refractivity contribution in [1.82, 2.24) is 10.2 Å². The molecule has 0 atom stereocenters. The molecule has 0 aliphatic carbocycles. The molecule has 1 heterocycles. The highest BCUT2D eigenvalue weighted by Gasteiger charge is 2.26. The number of nitrogens with one attached hydrogen (secondary N) is 2. The van der Waals surface area contributed by atoms with E-state index in [0.717, 1.165) is 11.3 Å². The second-order valence-corrected chi connectivity index (χ2v) is 8.98. The van der Waals surface area contributed by atoms with Gasteiger partial charge in [0.1, 0.15) is 0 Å². The smallest absolute Gasteiger partial charge is 0.267 e. The van der Waals surface area contributed by atoms with Gasteiger partial charge in [-0.05, 0) is 42.7 Å². The Morgan fingerprint density at radius 3 is 2.44 bits per heavy atom. The number of methoxy groups -OCH3 is 2. The van der Waals surface area contributed by atoms with Crippen LogP contribution >= 0.6 is 0 Å². The Bertz CT molecular complexity index is 1080. The summed E-state index contributed by atoms with van der Waals surface area (Å²) >= 11 is 0. The first-order valence-corrected chi connectivity index (χ1v) is 11.6. The minimum Gasteiger partial charge on any atom is -0.493 e. The quantitative estimate of drug-likeness (QED) is 0.313. The van der Waals surface area contributed by atoms with Crippen LogP contribution < -0.4 is 24.6 Å². The summed E-state index contributed by atoms with van der Waals surface area (Å²) in [6, 6.07) is 11.9. The summed E-state index contributed by atoms with van der Waals surface area (Å²) in [6.07, 6.45) is 4.14. The maximum atomic E-state index is 12.9. The Morgan fingerprint density at radius 2 is 1.78 bits per heavy atom. The number of hydroxylamine groups is 1. The summed E-state index contributed by atoms with van der Waals surface area (Å²) in [5.41, 5.74) is 3.34. The number of para-hydroxylation sites is 1. The van der Waals surface area contributed by atoms with Crippen LogP contribution in [0, 0.1) is 0 Å². The molecule has 0 spiro atoms. The van der Waals surface area contributed by atoms with Gasteiger partial charge in [0.15, 0.2) is 11.5 Å². The highest BCUT2D eigenvalue weighted by Crippen LogP contribution is 2.30. The molecule has 1 fully saturated rings. The highest BCUT2D eigenvalue weighted by molar-refractivity contribution is 7.89. The van der Waals surface area contributed by atoms with Gasteiger partial charge in [-0.3, -0.25) is 10.0 Å². The molecule has 0 bridgehead atoms. The molecule has 3 N–H and O–H groups in total. The van der Waals surface area contributed by atoms with Crippen LogP contribution in [0.5, 0.6) is 11.5 Å². The average Bonchev–Trinajstić information content (AvgIpc) is 2.82. The van der Waals surface area contributed by atoms with E-state index in [1.54, 1.807) is 17.6 Å². The van der Waals surface area contributed by atoms with E-state index in [2.05, 4.69) is 9.62 Å². The maximum Gasteiger partial charge on any atom is 0.267 e. The van der Waals surface area contributed by atoms with E-state index in [4.69, 9.17) is 14.7 Å². The monoisotopic (exact) mass is 461 g/mol. The van der Waals surface area contributed by atoms with Gasteiger partial charge in [-0.2, -0.15) is 0 Å². The fourth-order valence-electron chi connectivity index (χ4n) is 3.63. The van der Waals surface area contributed by atoms with Crippen LogP contribution in [0.3, 0.4) is 0 Å². The molecule has 1 aliphatic rings. The number of hydrogen-bond donors (Lipinski definition) is 3. The fraction of sp³-hybridized carbons (Fsp3) is 0.318. The molecule has 0 saturated carbocycles. The van der Waals surface area contributed by atoms with Crippen LogP contribution in [0.2, 0.25) is 0 Å². The molecule has 2 aromatic rings. The van der Waals surface area contributed by atoms with Gasteiger partial charge in [-0.25, -0.2) is 18.6 Å². The summed E-state index contributed by atoms with van der Waals surface area (Å²) in [5.74, 6) is 0.205. The first kappa shape index (κ1) is 23.6. The molecule has 10 heteroatoms. The normalized spacial score (nSPS) is 15.0. The summed E-state index contributed by atoms with van der Waals surface area (Å²) < 4.78 is 38.9. The number of carbonyl (C=O) groups excluding carboxylic acids is 1. The Morgan fingerprint density at radius 1 is 1.09 bits per heavy atom. The zero-order valence-electron chi connectivity index (χ0n) is 17.9. The minimum absolute atomic E-state index is 0.121. The van der Waals surface area contributed by atoms with Gasteiger partial charge < -0.3 is 14.4 Å². The summed E-state index contributed by atoms with van der Waals surface area (Å²) in [4.78, 5) is 13.6. The van der Waals surface area contributed by atoms with Crippen LogP contribution in [-0.2, 0) is 14.8 Å². The maximum absolute atomic E-state index is 12.9. The summed E-state index contributed by atoms with van der Waals surface area (Å²) in [5, 5.41) is 8.66. The Hall–Kier alpha value is -3.08. The lowest BCUT2D eigenvalue weighted by Gasteiger charge is -2.34. The highest BCUT2D eigenvalue weighted by atomic mass is 32.2. The third-order valence-corrected chi connectivity index (χ3v) is 6.80. The van der Waals surface area contributed by atoms with Crippen molar-refractivity contribution in [3.05, 3.63) is 54.1 Å². The van der Waals surface area contributed by atoms with Crippen molar-refractivity contribution >= 4 is 27.7 Å². The second-order valence-electron chi connectivity index (χ2n) is 7.27. The van der Waals surface area contributed by atoms with Crippen LogP contribution in [-0.4, -0.2) is 52.9 Å². The van der Waals surface area contributed by atoms with Gasteiger partial charge in [-0.1, -0.05) is 18.2 Å². The fourth-order valence-corrected chi connectivity index (χ4v) is 4.95. The van der Waals surface area contributed by atoms with Crippen molar-refractivity contribution in [3.8, 4) is 11.5 Å². The molecule has 0 radical (unpaired) electrons. The molecular weight excluding hydrogens is 434 g/mol. The lowest BCUT2D eigenvalue weighted by Crippen LogP contribution is -2.44. The van der Waals surface area contributed by atoms with Gasteiger partial charge in [-0.15, -0.1) is 0 Å². The Labute approximate surface area is 187 Å². The van der Waals surface area contributed by atoms with E-state index in [0.29, 0.717) is 37.4 Å². The number of nitrogens with zero attached hydrogens (tertiary/aromatic N) is 1. The SMILES string of the molecule is COc1ccc(S(=O)(=O)NC2CCN(c3ccccc3/C=C/C(=O)NO)CC2)cc1OC. The van der Waals surface area contributed by atoms with Gasteiger partial charge in [0.05, 0.1) is 19.1 Å². The number of ether oxygens (including phenoxy) is 2. The zero-order valence-corrected chi connectivity index (χ0v) is 18.8. The minimum atomic E-state index is -3.71. The number of benzene rings is 2. The molecule has 3 rings (SSSR count). The standard InChI is InChI=1S/C22H27N3O6S/c1-30-20-9-8-18(15-21(20)31-2)32(28,29)24-17-11-13-25(14-12-17)19-6-4-3-5-16(19)7-10-22(26)23-27/h3-10,15,17,24,27H,11-14H2,1-2H3,(H,23,26)/b10-7+. The number of anilines is 1. The van der Waals surface area contributed by atoms with Crippen LogP contribution in [0.1, 0.15) is 18.4 Å². The van der Waals surface area contributed by atoms with E-state index < -0.39 is 15.9 Å². The third kappa shape index (κ3) is 5.58. The van der Waals surface area contributed by atoms with Gasteiger partial charge in [0.25, 0.3) is 5.91 Å². The largest absolute Gasteiger partial charge is 0.493 e. The van der Waals surface area contributed by atoms with Crippen molar-refractivity contribution < 1.29 is 27.9 Å². The van der Waals surface area contributed by atoms with Crippen molar-refractivity contribution in [2.24, 2.45) is 0 Å². The van der Waals surface area contributed by atoms with E-state index in [-0.39, 0.29) is 10.9 Å². The number of amides is 1. The van der Waals surface area contributed by atoms with Crippen LogP contribution in [0.15, 0.2) is 53.4 Å². The first-order valence-electron chi connectivity index (χ1n) is 10.1. The predicted octanol–water partition coefficient (Wildman–Crippen LogP) is 2.17. The van der Waals surface area contributed by atoms with Gasteiger partial charge >= 0.3 is 0 Å². The molecule has 1 amide bonds. The van der Waals surface area contributed by atoms with Crippen molar-refractivity contribution in [2.75, 3.05) is 32.2 Å². The summed E-state index contributed by atoms with van der Waals surface area (Å²) in [6.45, 7) is 1.30. The lowest BCUT2D eigenvalue weighted by atomic mass is 10.0. The molecule has 1 saturated heterocycles. The molecular formula is C22H27N3O6S. The predicted molar refractivity (Wildman–Crippen MR) is 121 cm³/mol. The molecule has 0 unspecified atom stereocenters. The number of piperidine rings is 1. The van der Waals surface area contributed by atoms with Gasteiger partial charge in [0.2, 0.25) is 10.0 Å². The molecule has 172 valence electrons. The second kappa shape index (κ2) is 10.5. The topological polar surface area (TPSA) is 117 Å². The van der Waals surface area contributed by atoms with Gasteiger partial charge in [0, 0.05) is 37.0 Å². The van der Waals surface area contributed by atoms with Crippen LogP contribution in [0.4, 0.5) is 5.69 Å². The first-order chi connectivity index (χ1) is 15.4. The molecule has 2 aromatic carbocycles. The van der Waals surface area contributed by atoms with Crippen molar-refractivity contribution in [3.63, 3.8) is 0 Å². The van der Waals surface area contributed by atoms with Crippen LogP contribution in [0.25, 0.3) is 6.08 Å². The van der Waals surface area contributed by atoms with E-state index in [9.17, 15) is 13.2 Å². The van der Waals surface area contributed by atoms with E-state index >= 15 is 0 Å². The molecule has 0 aromatic heterocycles. The number of hydrogen-bond acceptors (Lipinski definition) is 7. The molecule has 9 nitrogen and oxygen atoms in total. The number of rotatable bonds is 8. The number of carbonyl (C=O) groups is 1. The Balaban J connectivity index is 1.67. The average molecular weight is 462 g/mol. The van der Waals surface area contributed by atoms with E-state index in [1.165, 1.54) is 32.4 Å². The summed E-state index contributed by atoms with van der Waals surface area (Å²) in [7, 11) is -0.760. The third-order valence-electron chi connectivity index (χ3n) is 5.28. The lowest BCUT2D eigenvalue weighted by molar-refractivity contribution is -0.124. The molecule has 1 aliphatic heterocycles. The molecule has 32 heavy (non-hydrogen) atoms. The van der Waals surface area contributed by atoms with Crippen molar-refractivity contribution in [2.45, 2.75) is 23.8 Å². The zero-order chi connectivity index (χ0) is 23.1.